The molecule has 0 fully saturated rings. The van der Waals surface area contributed by atoms with Crippen molar-refractivity contribution in [3.05, 3.63) is 12.2 Å². The number of aromatic nitrogens is 3. The summed E-state index contributed by atoms with van der Waals surface area (Å²) >= 11 is 0. The SMILES string of the molecule is CCNC(N)=NCc1nncn1C. The highest BCUT2D eigenvalue weighted by Crippen LogP contribution is 1.92. The van der Waals surface area contributed by atoms with Crippen molar-refractivity contribution in [3.63, 3.8) is 0 Å². The molecule has 0 aliphatic heterocycles. The molecule has 0 aliphatic rings. The van der Waals surface area contributed by atoms with Gasteiger partial charge in [-0.3, -0.25) is 0 Å². The van der Waals surface area contributed by atoms with Crippen molar-refractivity contribution < 1.29 is 0 Å². The highest BCUT2D eigenvalue weighted by molar-refractivity contribution is 5.77. The Bertz CT molecular complexity index is 289. The van der Waals surface area contributed by atoms with Crippen molar-refractivity contribution in [2.45, 2.75) is 13.5 Å². The number of guanidine groups is 1. The van der Waals surface area contributed by atoms with E-state index >= 15 is 0 Å². The van der Waals surface area contributed by atoms with Crippen molar-refractivity contribution in [2.24, 2.45) is 17.8 Å². The van der Waals surface area contributed by atoms with Crippen molar-refractivity contribution in [1.29, 1.82) is 0 Å². The van der Waals surface area contributed by atoms with Crippen LogP contribution in [0, 0.1) is 0 Å². The molecule has 0 amide bonds. The van der Waals surface area contributed by atoms with Crippen molar-refractivity contribution in [1.82, 2.24) is 20.1 Å². The lowest BCUT2D eigenvalue weighted by Gasteiger charge is -2.00. The minimum atomic E-state index is 0.436. The number of aliphatic imine (C=N–C) groups is 1. The Hall–Kier alpha value is -1.59. The fourth-order valence-electron chi connectivity index (χ4n) is 0.843. The van der Waals surface area contributed by atoms with E-state index in [1.54, 1.807) is 6.33 Å². The molecule has 6 nitrogen and oxygen atoms in total. The number of hydrogen-bond acceptors (Lipinski definition) is 3. The molecule has 1 aromatic heterocycles. The first-order valence-corrected chi connectivity index (χ1v) is 4.10. The molecule has 6 heteroatoms. The zero-order chi connectivity index (χ0) is 9.68. The third kappa shape index (κ3) is 2.73. The van der Waals surface area contributed by atoms with Crippen LogP contribution in [0.1, 0.15) is 12.7 Å². The van der Waals surface area contributed by atoms with Gasteiger partial charge >= 0.3 is 0 Å². The summed E-state index contributed by atoms with van der Waals surface area (Å²) in [6, 6.07) is 0. The smallest absolute Gasteiger partial charge is 0.189 e. The second-order valence-electron chi connectivity index (χ2n) is 2.59. The van der Waals surface area contributed by atoms with Gasteiger partial charge in [-0.1, -0.05) is 0 Å². The van der Waals surface area contributed by atoms with Crippen LogP contribution >= 0.6 is 0 Å². The summed E-state index contributed by atoms with van der Waals surface area (Å²) < 4.78 is 1.81. The van der Waals surface area contributed by atoms with E-state index in [9.17, 15) is 0 Å². The van der Waals surface area contributed by atoms with Crippen molar-refractivity contribution >= 4 is 5.96 Å². The first-order chi connectivity index (χ1) is 6.24. The zero-order valence-electron chi connectivity index (χ0n) is 7.86. The lowest BCUT2D eigenvalue weighted by atomic mass is 10.6. The van der Waals surface area contributed by atoms with Crippen LogP contribution in [0.2, 0.25) is 0 Å². The standard InChI is InChI=1S/C7H14N6/c1-3-9-7(8)10-4-6-12-11-5-13(6)2/h5H,3-4H2,1-2H3,(H3,8,9,10). The van der Waals surface area contributed by atoms with E-state index in [-0.39, 0.29) is 0 Å². The van der Waals surface area contributed by atoms with Gasteiger partial charge in [0.15, 0.2) is 11.8 Å². The van der Waals surface area contributed by atoms with E-state index in [2.05, 4.69) is 20.5 Å². The molecular weight excluding hydrogens is 168 g/mol. The Morgan fingerprint density at radius 3 is 3.08 bits per heavy atom. The Balaban J connectivity index is 2.51. The number of rotatable bonds is 3. The minimum absolute atomic E-state index is 0.436. The predicted octanol–water partition coefficient (Wildman–Crippen LogP) is -0.761. The topological polar surface area (TPSA) is 81.1 Å². The molecule has 0 spiro atoms. The van der Waals surface area contributed by atoms with E-state index < -0.39 is 0 Å². The van der Waals surface area contributed by atoms with E-state index in [0.717, 1.165) is 12.4 Å². The first kappa shape index (κ1) is 9.50. The molecule has 1 heterocycles. The second-order valence-corrected chi connectivity index (χ2v) is 2.59. The molecule has 0 aliphatic carbocycles. The van der Waals surface area contributed by atoms with Gasteiger partial charge in [0, 0.05) is 13.6 Å². The molecule has 0 bridgehead atoms. The molecule has 1 aromatic rings. The number of nitrogens with one attached hydrogen (secondary N) is 1. The maximum Gasteiger partial charge on any atom is 0.189 e. The molecule has 0 radical (unpaired) electrons. The third-order valence-electron chi connectivity index (χ3n) is 1.55. The van der Waals surface area contributed by atoms with Crippen molar-refractivity contribution in [2.75, 3.05) is 6.54 Å². The molecule has 72 valence electrons. The van der Waals surface area contributed by atoms with E-state index in [1.807, 2.05) is 18.5 Å². The van der Waals surface area contributed by atoms with E-state index in [1.165, 1.54) is 0 Å². The van der Waals surface area contributed by atoms with Crippen LogP contribution in [0.15, 0.2) is 11.3 Å². The normalized spacial score (nSPS) is 11.7. The Morgan fingerprint density at radius 1 is 1.77 bits per heavy atom. The van der Waals surface area contributed by atoms with Gasteiger partial charge in [0.1, 0.15) is 12.9 Å². The van der Waals surface area contributed by atoms with Gasteiger partial charge in [0.25, 0.3) is 0 Å². The Morgan fingerprint density at radius 2 is 2.54 bits per heavy atom. The minimum Gasteiger partial charge on any atom is -0.370 e. The third-order valence-corrected chi connectivity index (χ3v) is 1.55. The van der Waals surface area contributed by atoms with Gasteiger partial charge in [-0.2, -0.15) is 0 Å². The highest BCUT2D eigenvalue weighted by atomic mass is 15.3. The molecule has 3 N–H and O–H groups in total. The number of nitrogens with two attached hydrogens (primary N) is 1. The molecule has 1 rings (SSSR count). The maximum absolute atomic E-state index is 5.53. The van der Waals surface area contributed by atoms with Crippen LogP contribution in [-0.4, -0.2) is 27.3 Å². The number of aryl methyl sites for hydroxylation is 1. The fourth-order valence-corrected chi connectivity index (χ4v) is 0.843. The molecular formula is C7H14N6. The van der Waals surface area contributed by atoms with Gasteiger partial charge in [-0.25, -0.2) is 4.99 Å². The van der Waals surface area contributed by atoms with Crippen molar-refractivity contribution in [3.8, 4) is 0 Å². The molecule has 0 aromatic carbocycles. The molecule has 0 saturated heterocycles. The first-order valence-electron chi connectivity index (χ1n) is 4.10. The number of nitrogens with zero attached hydrogens (tertiary/aromatic N) is 4. The summed E-state index contributed by atoms with van der Waals surface area (Å²) in [5.74, 6) is 1.23. The van der Waals surface area contributed by atoms with Gasteiger partial charge in [0.05, 0.1) is 0 Å². The predicted molar refractivity (Wildman–Crippen MR) is 50.0 cm³/mol. The summed E-state index contributed by atoms with van der Waals surface area (Å²) in [5, 5.41) is 10.5. The summed E-state index contributed by atoms with van der Waals surface area (Å²) in [7, 11) is 1.87. The molecule has 13 heavy (non-hydrogen) atoms. The second kappa shape index (κ2) is 4.44. The average molecular weight is 182 g/mol. The van der Waals surface area contributed by atoms with Gasteiger partial charge in [0.2, 0.25) is 0 Å². The summed E-state index contributed by atoms with van der Waals surface area (Å²) in [4.78, 5) is 4.08. The average Bonchev–Trinajstić information content (AvgIpc) is 2.48. The quantitative estimate of drug-likeness (QED) is 0.475. The molecule has 0 saturated carbocycles. The Labute approximate surface area is 76.9 Å². The monoisotopic (exact) mass is 182 g/mol. The van der Waals surface area contributed by atoms with Crippen LogP contribution in [0.3, 0.4) is 0 Å². The number of hydrogen-bond donors (Lipinski definition) is 2. The van der Waals surface area contributed by atoms with Crippen LogP contribution in [0.5, 0.6) is 0 Å². The van der Waals surface area contributed by atoms with Crippen LogP contribution in [0.25, 0.3) is 0 Å². The van der Waals surface area contributed by atoms with Gasteiger partial charge < -0.3 is 15.6 Å². The zero-order valence-corrected chi connectivity index (χ0v) is 7.86. The molecule has 0 atom stereocenters. The summed E-state index contributed by atoms with van der Waals surface area (Å²) in [5.41, 5.74) is 5.53. The maximum atomic E-state index is 5.53. The Kier molecular flexibility index (Phi) is 3.24. The highest BCUT2D eigenvalue weighted by Gasteiger charge is 1.98. The summed E-state index contributed by atoms with van der Waals surface area (Å²) in [6.07, 6.45) is 1.63. The lowest BCUT2D eigenvalue weighted by Crippen LogP contribution is -2.31. The fraction of sp³-hybridized carbons (Fsp3) is 0.571. The van der Waals surface area contributed by atoms with E-state index in [0.29, 0.717) is 12.5 Å². The van der Waals surface area contributed by atoms with Crippen LogP contribution in [0.4, 0.5) is 0 Å². The van der Waals surface area contributed by atoms with Crippen LogP contribution < -0.4 is 11.1 Å². The van der Waals surface area contributed by atoms with Gasteiger partial charge in [-0.15, -0.1) is 10.2 Å². The van der Waals surface area contributed by atoms with E-state index in [4.69, 9.17) is 5.73 Å². The largest absolute Gasteiger partial charge is 0.370 e. The lowest BCUT2D eigenvalue weighted by molar-refractivity contribution is 0.786. The summed E-state index contributed by atoms with van der Waals surface area (Å²) in [6.45, 7) is 3.19. The van der Waals surface area contributed by atoms with Gasteiger partial charge in [-0.05, 0) is 6.92 Å². The van der Waals surface area contributed by atoms with Crippen LogP contribution in [-0.2, 0) is 13.6 Å². The molecule has 0 unspecified atom stereocenters.